The van der Waals surface area contributed by atoms with Crippen LogP contribution >= 0.6 is 0 Å². The molecule has 0 atom stereocenters. The van der Waals surface area contributed by atoms with Gasteiger partial charge in [0.2, 0.25) is 0 Å². The number of allylic oxidation sites excluding steroid dienone is 4. The van der Waals surface area contributed by atoms with Gasteiger partial charge in [-0.2, -0.15) is 0 Å². The summed E-state index contributed by atoms with van der Waals surface area (Å²) in [5, 5.41) is 0. The van der Waals surface area contributed by atoms with Crippen molar-refractivity contribution in [3.05, 3.63) is 24.3 Å². The van der Waals surface area contributed by atoms with Crippen LogP contribution in [0.3, 0.4) is 0 Å². The van der Waals surface area contributed by atoms with Crippen molar-refractivity contribution >= 4 is 0 Å². The largest absolute Gasteiger partial charge is 1.00 e. The molecule has 0 aromatic heterocycles. The predicted octanol–water partition coefficient (Wildman–Crippen LogP) is -6.90. The van der Waals surface area contributed by atoms with Gasteiger partial charge in [-0.25, -0.2) is 0 Å². The zero-order valence-electron chi connectivity index (χ0n) is 5.65. The van der Waals surface area contributed by atoms with Gasteiger partial charge in [0, 0.05) is 0 Å². The summed E-state index contributed by atoms with van der Waals surface area (Å²) in [7, 11) is 0. The minimum absolute atomic E-state index is 0. The molecule has 0 amide bonds. The average molecular weight is 235 g/mol. The first-order valence-corrected chi connectivity index (χ1v) is 3.44. The molecule has 4 heteroatoms. The smallest absolute Gasteiger partial charge is 1.00 e. The van der Waals surface area contributed by atoms with E-state index in [0.29, 0.717) is 0 Å². The molecule has 0 N–H and O–H groups in total. The standard InChI is InChI=1S/C6H9.3ClH.Ti/c1-3-5-6-4-2;;;;/h3-6H,1H2,2H3;3*1H;/q;;;;+3/p-3. The van der Waals surface area contributed by atoms with Crippen LogP contribution < -0.4 is 37.2 Å². The van der Waals surface area contributed by atoms with Crippen molar-refractivity contribution in [2.24, 2.45) is 0 Å². The number of rotatable bonds is 2. The Balaban J connectivity index is -0.0000000600. The van der Waals surface area contributed by atoms with Crippen molar-refractivity contribution in [1.29, 1.82) is 0 Å². The third-order valence-corrected chi connectivity index (χ3v) is 0.926. The van der Waals surface area contributed by atoms with Gasteiger partial charge in [-0.3, -0.25) is 0 Å². The first-order chi connectivity index (χ1) is 3.41. The molecular weight excluding hydrogens is 226 g/mol. The Hall–Kier alpha value is 1.06. The first kappa shape index (κ1) is 22.5. The van der Waals surface area contributed by atoms with E-state index in [1.54, 1.807) is 0 Å². The summed E-state index contributed by atoms with van der Waals surface area (Å²) in [4.78, 5) is 0. The summed E-state index contributed by atoms with van der Waals surface area (Å²) in [5.74, 6) is 0. The molecule has 0 aliphatic heterocycles. The van der Waals surface area contributed by atoms with Crippen LogP contribution in [0, 0.1) is 0 Å². The summed E-state index contributed by atoms with van der Waals surface area (Å²) < 4.78 is 1.13. The first-order valence-electron chi connectivity index (χ1n) is 2.34. The van der Waals surface area contributed by atoms with Gasteiger partial charge in [0.05, 0.1) is 0 Å². The molecule has 58 valence electrons. The Morgan fingerprint density at radius 3 is 1.90 bits per heavy atom. The van der Waals surface area contributed by atoms with Gasteiger partial charge in [0.25, 0.3) is 0 Å². The molecular formula is C6H9Cl3Ti. The molecule has 0 saturated heterocycles. The molecule has 0 nitrogen and oxygen atoms in total. The van der Waals surface area contributed by atoms with E-state index in [2.05, 4.69) is 32.6 Å². The van der Waals surface area contributed by atoms with Gasteiger partial charge in [0.1, 0.15) is 0 Å². The molecule has 0 aromatic carbocycles. The quantitative estimate of drug-likeness (QED) is 0.330. The maximum absolute atomic E-state index is 2.12. The van der Waals surface area contributed by atoms with Crippen LogP contribution in [0.1, 0.15) is 6.92 Å². The average Bonchev–Trinajstić information content (AvgIpc) is 1.69. The van der Waals surface area contributed by atoms with E-state index < -0.39 is 0 Å². The van der Waals surface area contributed by atoms with E-state index in [9.17, 15) is 0 Å². The molecule has 0 bridgehead atoms. The molecule has 0 heterocycles. The normalized spacial score (nSPS) is 8.30. The molecule has 0 aromatic rings. The molecule has 10 heavy (non-hydrogen) atoms. The topological polar surface area (TPSA) is 0 Å². The van der Waals surface area contributed by atoms with Crippen LogP contribution in [0.4, 0.5) is 0 Å². The minimum Gasteiger partial charge on any atom is -1.00 e. The molecule has 0 aliphatic rings. The van der Waals surface area contributed by atoms with Crippen molar-refractivity contribution in [2.45, 2.75) is 11.6 Å². The maximum Gasteiger partial charge on any atom is -1.00 e. The minimum atomic E-state index is 0. The van der Waals surface area contributed by atoms with Gasteiger partial charge in [0.15, 0.2) is 0 Å². The molecule has 0 aliphatic carbocycles. The Bertz CT molecular complexity index is 81.1. The Morgan fingerprint density at radius 2 is 1.60 bits per heavy atom. The Labute approximate surface area is 93.2 Å². The second-order valence-corrected chi connectivity index (χ2v) is 1.80. The van der Waals surface area contributed by atoms with Crippen LogP contribution in [0.2, 0.25) is 4.73 Å². The monoisotopic (exact) mass is 234 g/mol. The van der Waals surface area contributed by atoms with Gasteiger partial charge >= 0.3 is 56.4 Å². The van der Waals surface area contributed by atoms with Crippen molar-refractivity contribution < 1.29 is 57.7 Å². The molecule has 0 radical (unpaired) electrons. The van der Waals surface area contributed by atoms with Gasteiger partial charge in [-0.05, 0) is 0 Å². The summed E-state index contributed by atoms with van der Waals surface area (Å²) in [6.45, 7) is 2.01. The van der Waals surface area contributed by atoms with E-state index >= 15 is 0 Å². The summed E-state index contributed by atoms with van der Waals surface area (Å²) in [6, 6.07) is 0. The molecule has 0 rings (SSSR count). The summed E-state index contributed by atoms with van der Waals surface area (Å²) >= 11 is 2.12. The molecule has 0 unspecified atom stereocenters. The number of hydrogen-bond acceptors (Lipinski definition) is 0. The van der Waals surface area contributed by atoms with Crippen LogP contribution in [0.15, 0.2) is 24.3 Å². The molecule has 0 fully saturated rings. The maximum atomic E-state index is 2.12. The summed E-state index contributed by atoms with van der Waals surface area (Å²) in [5.41, 5.74) is 0. The third kappa shape index (κ3) is 23.0. The molecule has 0 saturated carbocycles. The van der Waals surface area contributed by atoms with E-state index in [-0.39, 0.29) is 37.2 Å². The number of hydrogen-bond donors (Lipinski definition) is 0. The zero-order chi connectivity index (χ0) is 5.54. The number of halogens is 3. The van der Waals surface area contributed by atoms with Crippen LogP contribution in [-0.2, 0) is 20.4 Å². The van der Waals surface area contributed by atoms with E-state index in [1.807, 2.05) is 19.1 Å². The van der Waals surface area contributed by atoms with Crippen molar-refractivity contribution in [1.82, 2.24) is 0 Å². The van der Waals surface area contributed by atoms with Crippen molar-refractivity contribution in [3.63, 3.8) is 0 Å². The second kappa shape index (κ2) is 22.5. The fourth-order valence-corrected chi connectivity index (χ4v) is 0.470. The summed E-state index contributed by atoms with van der Waals surface area (Å²) in [6.07, 6.45) is 8.23. The van der Waals surface area contributed by atoms with E-state index in [0.717, 1.165) is 4.73 Å². The van der Waals surface area contributed by atoms with Crippen LogP contribution in [0.25, 0.3) is 0 Å². The van der Waals surface area contributed by atoms with Crippen LogP contribution in [-0.4, -0.2) is 0 Å². The van der Waals surface area contributed by atoms with Gasteiger partial charge in [-0.15, -0.1) is 0 Å². The fraction of sp³-hybridized carbons (Fsp3) is 0.333. The zero-order valence-corrected chi connectivity index (χ0v) is 9.48. The van der Waals surface area contributed by atoms with E-state index in [1.165, 1.54) is 0 Å². The van der Waals surface area contributed by atoms with Crippen molar-refractivity contribution in [3.8, 4) is 0 Å². The SMILES string of the molecule is CC=CC=C[CH2][Ti+3].[Cl-].[Cl-].[Cl-]. The van der Waals surface area contributed by atoms with Crippen molar-refractivity contribution in [2.75, 3.05) is 0 Å². The Morgan fingerprint density at radius 1 is 1.10 bits per heavy atom. The third-order valence-electron chi connectivity index (χ3n) is 0.557. The van der Waals surface area contributed by atoms with Crippen LogP contribution in [0.5, 0.6) is 0 Å². The van der Waals surface area contributed by atoms with Gasteiger partial charge in [-0.1, -0.05) is 0 Å². The Kier molecular flexibility index (Phi) is 50.5. The second-order valence-electron chi connectivity index (χ2n) is 1.16. The van der Waals surface area contributed by atoms with E-state index in [4.69, 9.17) is 0 Å². The predicted molar refractivity (Wildman–Crippen MR) is 28.8 cm³/mol. The van der Waals surface area contributed by atoms with Gasteiger partial charge < -0.3 is 37.2 Å². The molecule has 0 spiro atoms. The fourth-order valence-electron chi connectivity index (χ4n) is 0.258.